The van der Waals surface area contributed by atoms with E-state index in [1.165, 1.54) is 25.3 Å². The Balaban J connectivity index is 1.90. The van der Waals surface area contributed by atoms with Gasteiger partial charge >= 0.3 is 0 Å². The summed E-state index contributed by atoms with van der Waals surface area (Å²) in [6.07, 6.45) is 2.28. The van der Waals surface area contributed by atoms with E-state index in [2.05, 4.69) is 0 Å². The van der Waals surface area contributed by atoms with Gasteiger partial charge < -0.3 is 14.5 Å². The lowest BCUT2D eigenvalue weighted by molar-refractivity contribution is -0.143. The zero-order valence-electron chi connectivity index (χ0n) is 14.9. The normalized spacial score (nSPS) is 23.6. The molecule has 1 aromatic carbocycles. The van der Waals surface area contributed by atoms with E-state index in [0.29, 0.717) is 19.5 Å². The molecule has 1 atom stereocenters. The highest BCUT2D eigenvalue weighted by atomic mass is 32.2. The average molecular weight is 381 g/mol. The number of likely N-dealkylation sites (tertiary alicyclic amines) is 2. The van der Waals surface area contributed by atoms with E-state index >= 15 is 0 Å². The number of sulfonamides is 1. The van der Waals surface area contributed by atoms with E-state index in [1.807, 2.05) is 0 Å². The van der Waals surface area contributed by atoms with Crippen LogP contribution in [-0.2, 0) is 14.8 Å². The number of carbonyl (C=O) groups excluding carboxylic acids is 2. The van der Waals surface area contributed by atoms with Gasteiger partial charge in [0.15, 0.2) is 0 Å². The lowest BCUT2D eigenvalue weighted by atomic mass is 9.78. The molecule has 1 aromatic rings. The Kier molecular flexibility index (Phi) is 4.70. The summed E-state index contributed by atoms with van der Waals surface area (Å²) >= 11 is 0. The highest BCUT2D eigenvalue weighted by molar-refractivity contribution is 7.89. The third-order valence-electron chi connectivity index (χ3n) is 5.32. The summed E-state index contributed by atoms with van der Waals surface area (Å²) in [6.45, 7) is 1.51. The number of rotatable bonds is 3. The SMILES string of the molecule is COc1ccc(S(N)(=O)=O)cc1C(=O)N1CCC2(CCCN(C)C2=O)C1. The molecule has 2 N–H and O–H groups in total. The minimum atomic E-state index is -3.94. The van der Waals surface area contributed by atoms with Gasteiger partial charge in [-0.2, -0.15) is 0 Å². The molecule has 0 bridgehead atoms. The number of primary sulfonamides is 1. The van der Waals surface area contributed by atoms with Crippen LogP contribution in [0.3, 0.4) is 0 Å². The Labute approximate surface area is 152 Å². The van der Waals surface area contributed by atoms with Crippen molar-refractivity contribution < 1.29 is 22.7 Å². The van der Waals surface area contributed by atoms with Gasteiger partial charge in [-0.25, -0.2) is 13.6 Å². The van der Waals surface area contributed by atoms with Gasteiger partial charge in [-0.15, -0.1) is 0 Å². The van der Waals surface area contributed by atoms with Gasteiger partial charge in [0.25, 0.3) is 5.91 Å². The number of nitrogens with zero attached hydrogens (tertiary/aromatic N) is 2. The van der Waals surface area contributed by atoms with Crippen molar-refractivity contribution in [3.63, 3.8) is 0 Å². The van der Waals surface area contributed by atoms with Crippen LogP contribution < -0.4 is 9.88 Å². The first-order valence-electron chi connectivity index (χ1n) is 8.44. The zero-order chi connectivity index (χ0) is 19.1. The van der Waals surface area contributed by atoms with Gasteiger partial charge in [0.05, 0.1) is 23.0 Å². The summed E-state index contributed by atoms with van der Waals surface area (Å²) in [5, 5.41) is 5.17. The summed E-state index contributed by atoms with van der Waals surface area (Å²) in [5.41, 5.74) is -0.402. The van der Waals surface area contributed by atoms with E-state index in [4.69, 9.17) is 9.88 Å². The summed E-state index contributed by atoms with van der Waals surface area (Å²) in [6, 6.07) is 3.95. The quantitative estimate of drug-likeness (QED) is 0.816. The van der Waals surface area contributed by atoms with Crippen LogP contribution in [0.15, 0.2) is 23.1 Å². The number of hydrogen-bond acceptors (Lipinski definition) is 5. The number of piperidine rings is 1. The second-order valence-electron chi connectivity index (χ2n) is 6.99. The molecule has 2 aliphatic rings. The van der Waals surface area contributed by atoms with Crippen molar-refractivity contribution >= 4 is 21.8 Å². The average Bonchev–Trinajstić information content (AvgIpc) is 3.03. The molecule has 142 valence electrons. The van der Waals surface area contributed by atoms with Crippen LogP contribution in [0, 0.1) is 5.41 Å². The van der Waals surface area contributed by atoms with Crippen LogP contribution >= 0.6 is 0 Å². The highest BCUT2D eigenvalue weighted by Crippen LogP contribution is 2.40. The molecule has 0 saturated carbocycles. The Bertz CT molecular complexity index is 854. The van der Waals surface area contributed by atoms with Gasteiger partial charge in [0, 0.05) is 26.7 Å². The molecular weight excluding hydrogens is 358 g/mol. The fraction of sp³-hybridized carbons (Fsp3) is 0.529. The standard InChI is InChI=1S/C17H23N3O5S/c1-19-8-3-6-17(16(19)22)7-9-20(11-17)15(21)13-10-12(26(18,23)24)4-5-14(13)25-2/h4-5,10H,3,6-9,11H2,1-2H3,(H2,18,23,24). The second kappa shape index (κ2) is 6.55. The third-order valence-corrected chi connectivity index (χ3v) is 6.23. The van der Waals surface area contributed by atoms with Crippen LogP contribution in [0.1, 0.15) is 29.6 Å². The van der Waals surface area contributed by atoms with Crippen molar-refractivity contribution in [1.29, 1.82) is 0 Å². The molecule has 0 aromatic heterocycles. The van der Waals surface area contributed by atoms with Gasteiger partial charge in [0.2, 0.25) is 15.9 Å². The fourth-order valence-corrected chi connectivity index (χ4v) is 4.43. The van der Waals surface area contributed by atoms with Crippen molar-refractivity contribution in [3.8, 4) is 5.75 Å². The lowest BCUT2D eigenvalue weighted by Gasteiger charge is -2.37. The van der Waals surface area contributed by atoms with Gasteiger partial charge in [-0.3, -0.25) is 9.59 Å². The van der Waals surface area contributed by atoms with Crippen LogP contribution in [0.25, 0.3) is 0 Å². The minimum absolute atomic E-state index is 0.0734. The first kappa shape index (κ1) is 18.7. The van der Waals surface area contributed by atoms with Crippen molar-refractivity contribution in [1.82, 2.24) is 9.80 Å². The van der Waals surface area contributed by atoms with E-state index in [9.17, 15) is 18.0 Å². The molecule has 26 heavy (non-hydrogen) atoms. The lowest BCUT2D eigenvalue weighted by Crippen LogP contribution is -2.48. The summed E-state index contributed by atoms with van der Waals surface area (Å²) in [5.74, 6) is -0.00927. The van der Waals surface area contributed by atoms with E-state index in [-0.39, 0.29) is 28.0 Å². The predicted octanol–water partition coefficient (Wildman–Crippen LogP) is 0.427. The van der Waals surface area contributed by atoms with Crippen molar-refractivity contribution in [3.05, 3.63) is 23.8 Å². The molecule has 2 saturated heterocycles. The molecule has 3 rings (SSSR count). The number of methoxy groups -OCH3 is 1. The molecule has 1 unspecified atom stereocenters. The van der Waals surface area contributed by atoms with Gasteiger partial charge in [0.1, 0.15) is 5.75 Å². The molecule has 8 nitrogen and oxygen atoms in total. The van der Waals surface area contributed by atoms with E-state index in [1.54, 1.807) is 16.8 Å². The molecule has 2 heterocycles. The number of amides is 2. The molecule has 9 heteroatoms. The smallest absolute Gasteiger partial charge is 0.257 e. The third kappa shape index (κ3) is 3.16. The molecule has 2 fully saturated rings. The topological polar surface area (TPSA) is 110 Å². The van der Waals surface area contributed by atoms with Gasteiger partial charge in [-0.1, -0.05) is 0 Å². The maximum absolute atomic E-state index is 13.0. The first-order valence-corrected chi connectivity index (χ1v) is 9.98. The minimum Gasteiger partial charge on any atom is -0.496 e. The summed E-state index contributed by atoms with van der Waals surface area (Å²) < 4.78 is 28.4. The maximum atomic E-state index is 13.0. The van der Waals surface area contributed by atoms with Crippen molar-refractivity contribution in [2.24, 2.45) is 10.6 Å². The number of nitrogens with two attached hydrogens (primary N) is 1. The molecular formula is C17H23N3O5S. The van der Waals surface area contributed by atoms with Crippen LogP contribution in [0.4, 0.5) is 0 Å². The second-order valence-corrected chi connectivity index (χ2v) is 8.56. The monoisotopic (exact) mass is 381 g/mol. The Morgan fingerprint density at radius 1 is 1.27 bits per heavy atom. The Morgan fingerprint density at radius 2 is 2.00 bits per heavy atom. The van der Waals surface area contributed by atoms with Gasteiger partial charge in [-0.05, 0) is 37.5 Å². The number of hydrogen-bond donors (Lipinski definition) is 1. The van der Waals surface area contributed by atoms with Crippen LogP contribution in [0.5, 0.6) is 5.75 Å². The van der Waals surface area contributed by atoms with Crippen LogP contribution in [-0.4, -0.2) is 63.8 Å². The Hall–Kier alpha value is -2.13. The number of benzene rings is 1. The number of ether oxygens (including phenoxy) is 1. The summed E-state index contributed by atoms with van der Waals surface area (Å²) in [7, 11) is -0.743. The maximum Gasteiger partial charge on any atom is 0.257 e. The van der Waals surface area contributed by atoms with Crippen LogP contribution in [0.2, 0.25) is 0 Å². The fourth-order valence-electron chi connectivity index (χ4n) is 3.89. The molecule has 2 aliphatic heterocycles. The predicted molar refractivity (Wildman–Crippen MR) is 94.2 cm³/mol. The van der Waals surface area contributed by atoms with Crippen molar-refractivity contribution in [2.45, 2.75) is 24.2 Å². The molecule has 1 spiro atoms. The highest BCUT2D eigenvalue weighted by Gasteiger charge is 2.48. The molecule has 0 aliphatic carbocycles. The van der Waals surface area contributed by atoms with E-state index in [0.717, 1.165) is 19.4 Å². The van der Waals surface area contributed by atoms with E-state index < -0.39 is 15.4 Å². The first-order chi connectivity index (χ1) is 12.2. The zero-order valence-corrected chi connectivity index (χ0v) is 15.7. The molecule has 2 amide bonds. The number of carbonyl (C=O) groups is 2. The Morgan fingerprint density at radius 3 is 2.65 bits per heavy atom. The molecule has 0 radical (unpaired) electrons. The largest absolute Gasteiger partial charge is 0.496 e. The van der Waals surface area contributed by atoms with Crippen molar-refractivity contribution in [2.75, 3.05) is 33.8 Å². The summed E-state index contributed by atoms with van der Waals surface area (Å²) in [4.78, 5) is 28.8.